The summed E-state index contributed by atoms with van der Waals surface area (Å²) in [4.78, 5) is 15.8. The van der Waals surface area contributed by atoms with Gasteiger partial charge in [-0.25, -0.2) is 0 Å². The van der Waals surface area contributed by atoms with Crippen molar-refractivity contribution in [2.75, 3.05) is 51.3 Å². The predicted molar refractivity (Wildman–Crippen MR) is 99.0 cm³/mol. The third-order valence-electron chi connectivity index (χ3n) is 4.52. The molecule has 0 aliphatic carbocycles. The van der Waals surface area contributed by atoms with E-state index in [0.717, 1.165) is 44.8 Å². The molecule has 0 N–H and O–H groups in total. The van der Waals surface area contributed by atoms with Gasteiger partial charge in [0.1, 0.15) is 18.1 Å². The van der Waals surface area contributed by atoms with Crippen LogP contribution in [0.3, 0.4) is 0 Å². The molecule has 1 fully saturated rings. The van der Waals surface area contributed by atoms with Gasteiger partial charge in [-0.05, 0) is 36.4 Å². The Morgan fingerprint density at radius 2 is 1.72 bits per heavy atom. The summed E-state index contributed by atoms with van der Waals surface area (Å²) in [5.41, 5.74) is 1.84. The maximum absolute atomic E-state index is 11.0. The summed E-state index contributed by atoms with van der Waals surface area (Å²) in [6.07, 6.45) is 0.836. The molecule has 2 aromatic rings. The molecule has 0 radical (unpaired) electrons. The van der Waals surface area contributed by atoms with Crippen LogP contribution >= 0.6 is 0 Å². The van der Waals surface area contributed by atoms with Crippen molar-refractivity contribution in [3.8, 4) is 11.5 Å². The Labute approximate surface area is 148 Å². The topological polar surface area (TPSA) is 42.0 Å². The van der Waals surface area contributed by atoms with E-state index in [1.807, 2.05) is 30.3 Å². The van der Waals surface area contributed by atoms with Gasteiger partial charge in [0.2, 0.25) is 0 Å². The molecule has 1 aliphatic rings. The number of rotatable bonds is 7. The van der Waals surface area contributed by atoms with Gasteiger partial charge in [-0.1, -0.05) is 12.1 Å². The van der Waals surface area contributed by atoms with Crippen LogP contribution < -0.4 is 14.4 Å². The van der Waals surface area contributed by atoms with E-state index in [0.29, 0.717) is 17.9 Å². The summed E-state index contributed by atoms with van der Waals surface area (Å²) in [7, 11) is 1.68. The lowest BCUT2D eigenvalue weighted by atomic mass is 10.2. The lowest BCUT2D eigenvalue weighted by molar-refractivity contribution is 0.111. The van der Waals surface area contributed by atoms with Gasteiger partial charge in [-0.3, -0.25) is 9.69 Å². The second kappa shape index (κ2) is 8.53. The molecule has 132 valence electrons. The van der Waals surface area contributed by atoms with Gasteiger partial charge in [-0.15, -0.1) is 0 Å². The highest BCUT2D eigenvalue weighted by atomic mass is 16.5. The lowest BCUT2D eigenvalue weighted by Crippen LogP contribution is -2.47. The van der Waals surface area contributed by atoms with E-state index in [1.54, 1.807) is 13.2 Å². The van der Waals surface area contributed by atoms with Crippen LogP contribution in [0.2, 0.25) is 0 Å². The SMILES string of the molecule is COc1ccc(N2CCN(CCOc3ccccc3C=O)CC2)cc1. The van der Waals surface area contributed by atoms with E-state index in [1.165, 1.54) is 5.69 Å². The Morgan fingerprint density at radius 3 is 2.40 bits per heavy atom. The van der Waals surface area contributed by atoms with Crippen LogP contribution in [0.1, 0.15) is 10.4 Å². The van der Waals surface area contributed by atoms with Gasteiger partial charge >= 0.3 is 0 Å². The van der Waals surface area contributed by atoms with Gasteiger partial charge in [-0.2, -0.15) is 0 Å². The van der Waals surface area contributed by atoms with E-state index in [2.05, 4.69) is 21.9 Å². The summed E-state index contributed by atoms with van der Waals surface area (Å²) < 4.78 is 11.0. The first-order valence-corrected chi connectivity index (χ1v) is 8.58. The van der Waals surface area contributed by atoms with Crippen LogP contribution in [0.5, 0.6) is 11.5 Å². The molecule has 0 atom stereocenters. The van der Waals surface area contributed by atoms with E-state index in [4.69, 9.17) is 9.47 Å². The standard InChI is InChI=1S/C20H24N2O3/c1-24-19-8-6-18(7-9-19)22-12-10-21(11-13-22)14-15-25-20-5-3-2-4-17(20)16-23/h2-9,16H,10-15H2,1H3. The summed E-state index contributed by atoms with van der Waals surface area (Å²) in [6.45, 7) is 5.46. The number of carbonyl (C=O) groups excluding carboxylic acids is 1. The second-order valence-electron chi connectivity index (χ2n) is 6.03. The average molecular weight is 340 g/mol. The Balaban J connectivity index is 1.44. The van der Waals surface area contributed by atoms with Crippen LogP contribution in [0.4, 0.5) is 5.69 Å². The zero-order valence-electron chi connectivity index (χ0n) is 14.6. The van der Waals surface area contributed by atoms with Gasteiger partial charge in [0.15, 0.2) is 6.29 Å². The minimum absolute atomic E-state index is 0.591. The van der Waals surface area contributed by atoms with Crippen molar-refractivity contribution in [1.29, 1.82) is 0 Å². The van der Waals surface area contributed by atoms with Crippen molar-refractivity contribution in [2.24, 2.45) is 0 Å². The average Bonchev–Trinajstić information content (AvgIpc) is 2.69. The molecule has 0 bridgehead atoms. The van der Waals surface area contributed by atoms with Gasteiger partial charge < -0.3 is 14.4 Å². The molecular weight excluding hydrogens is 316 g/mol. The summed E-state index contributed by atoms with van der Waals surface area (Å²) in [5.74, 6) is 1.55. The first-order valence-electron chi connectivity index (χ1n) is 8.58. The summed E-state index contributed by atoms with van der Waals surface area (Å²) >= 11 is 0. The molecule has 25 heavy (non-hydrogen) atoms. The zero-order valence-corrected chi connectivity index (χ0v) is 14.6. The molecule has 1 aliphatic heterocycles. The molecule has 1 heterocycles. The highest BCUT2D eigenvalue weighted by molar-refractivity contribution is 5.79. The number of nitrogens with zero attached hydrogens (tertiary/aromatic N) is 2. The Bertz CT molecular complexity index is 680. The predicted octanol–water partition coefficient (Wildman–Crippen LogP) is 2.71. The van der Waals surface area contributed by atoms with Crippen LogP contribution in [-0.4, -0.2) is 57.6 Å². The largest absolute Gasteiger partial charge is 0.497 e. The quantitative estimate of drug-likeness (QED) is 0.725. The smallest absolute Gasteiger partial charge is 0.153 e. The molecule has 2 aromatic carbocycles. The Morgan fingerprint density at radius 1 is 1.00 bits per heavy atom. The number of anilines is 1. The van der Waals surface area contributed by atoms with Crippen molar-refractivity contribution in [2.45, 2.75) is 0 Å². The van der Waals surface area contributed by atoms with Crippen molar-refractivity contribution in [3.05, 3.63) is 54.1 Å². The minimum Gasteiger partial charge on any atom is -0.497 e. The Hall–Kier alpha value is -2.53. The number of piperazine rings is 1. The zero-order chi connectivity index (χ0) is 17.5. The van der Waals surface area contributed by atoms with Crippen molar-refractivity contribution >= 4 is 12.0 Å². The van der Waals surface area contributed by atoms with Crippen molar-refractivity contribution < 1.29 is 14.3 Å². The molecule has 0 aromatic heterocycles. The summed E-state index contributed by atoms with van der Waals surface area (Å²) in [5, 5.41) is 0. The minimum atomic E-state index is 0.591. The fourth-order valence-corrected chi connectivity index (χ4v) is 3.02. The molecule has 0 spiro atoms. The number of hydrogen-bond acceptors (Lipinski definition) is 5. The number of carbonyl (C=O) groups is 1. The van der Waals surface area contributed by atoms with E-state index in [-0.39, 0.29) is 0 Å². The number of methoxy groups -OCH3 is 1. The van der Waals surface area contributed by atoms with Crippen LogP contribution in [-0.2, 0) is 0 Å². The van der Waals surface area contributed by atoms with E-state index in [9.17, 15) is 4.79 Å². The van der Waals surface area contributed by atoms with Crippen molar-refractivity contribution in [1.82, 2.24) is 4.90 Å². The third-order valence-corrected chi connectivity index (χ3v) is 4.52. The maximum atomic E-state index is 11.0. The molecule has 0 amide bonds. The highest BCUT2D eigenvalue weighted by Gasteiger charge is 2.17. The maximum Gasteiger partial charge on any atom is 0.153 e. The number of para-hydroxylation sites is 1. The molecule has 3 rings (SSSR count). The molecule has 0 unspecified atom stereocenters. The van der Waals surface area contributed by atoms with Crippen molar-refractivity contribution in [3.63, 3.8) is 0 Å². The van der Waals surface area contributed by atoms with E-state index >= 15 is 0 Å². The van der Waals surface area contributed by atoms with Crippen LogP contribution in [0.15, 0.2) is 48.5 Å². The number of benzene rings is 2. The second-order valence-corrected chi connectivity index (χ2v) is 6.03. The first kappa shape index (κ1) is 17.3. The molecule has 0 saturated carbocycles. The van der Waals surface area contributed by atoms with Gasteiger partial charge in [0.05, 0.1) is 12.7 Å². The van der Waals surface area contributed by atoms with Crippen LogP contribution in [0, 0.1) is 0 Å². The van der Waals surface area contributed by atoms with Gasteiger partial charge in [0, 0.05) is 38.4 Å². The third kappa shape index (κ3) is 4.51. The number of hydrogen-bond donors (Lipinski definition) is 0. The molecule has 5 nitrogen and oxygen atoms in total. The summed E-state index contributed by atoms with van der Waals surface area (Å²) in [6, 6.07) is 15.5. The lowest BCUT2D eigenvalue weighted by Gasteiger charge is -2.36. The number of aldehydes is 1. The molecule has 5 heteroatoms. The first-order chi connectivity index (χ1) is 12.3. The normalized spacial score (nSPS) is 15.0. The van der Waals surface area contributed by atoms with Gasteiger partial charge in [0.25, 0.3) is 0 Å². The van der Waals surface area contributed by atoms with E-state index < -0.39 is 0 Å². The highest BCUT2D eigenvalue weighted by Crippen LogP contribution is 2.20. The monoisotopic (exact) mass is 340 g/mol. The fraction of sp³-hybridized carbons (Fsp3) is 0.350. The molecular formula is C20H24N2O3. The number of ether oxygens (including phenoxy) is 2. The fourth-order valence-electron chi connectivity index (χ4n) is 3.02. The van der Waals surface area contributed by atoms with Crippen LogP contribution in [0.25, 0.3) is 0 Å². The molecule has 1 saturated heterocycles. The Kier molecular flexibility index (Phi) is 5.90.